The van der Waals surface area contributed by atoms with Crippen molar-refractivity contribution in [1.29, 1.82) is 0 Å². The fraction of sp³-hybridized carbons (Fsp3) is 0.800. The first-order valence-corrected chi connectivity index (χ1v) is 2.53. The number of nitrogens with one attached hydrogen (secondary N) is 1. The SMILES string of the molecule is [CH2-]C1CC(C)ON1.[Lr]. The summed E-state index contributed by atoms with van der Waals surface area (Å²) in [5, 5.41) is 0. The van der Waals surface area contributed by atoms with Crippen molar-refractivity contribution in [3.63, 3.8) is 0 Å². The van der Waals surface area contributed by atoms with Crippen molar-refractivity contribution in [2.45, 2.75) is 25.5 Å². The van der Waals surface area contributed by atoms with Crippen molar-refractivity contribution in [1.82, 2.24) is 5.48 Å². The number of rotatable bonds is 0. The standard InChI is InChI=1S/C5H10NO.Lr/c1-4-3-5(2)7-6-4;/h4-6H,1,3H2,2H3;/q-1;. The molecule has 1 heterocycles. The maximum atomic E-state index is 4.95. The molecular formula is C5H10LrNO-. The van der Waals surface area contributed by atoms with Gasteiger partial charge in [-0.1, -0.05) is 6.04 Å². The van der Waals surface area contributed by atoms with Crippen molar-refractivity contribution in [2.24, 2.45) is 0 Å². The molecule has 2 atom stereocenters. The number of hydrogen-bond acceptors (Lipinski definition) is 2. The van der Waals surface area contributed by atoms with Crippen LogP contribution in [-0.2, 0) is 4.84 Å². The van der Waals surface area contributed by atoms with E-state index in [0.29, 0.717) is 12.1 Å². The van der Waals surface area contributed by atoms with Crippen LogP contribution in [0, 0.1) is 6.92 Å². The molecule has 0 aliphatic carbocycles. The average Bonchev–Trinajstić information content (AvgIpc) is 1.87. The van der Waals surface area contributed by atoms with Crippen molar-refractivity contribution >= 4 is 0 Å². The van der Waals surface area contributed by atoms with Gasteiger partial charge in [0.25, 0.3) is 0 Å². The third-order valence-corrected chi connectivity index (χ3v) is 1.05. The molecule has 2 unspecified atom stereocenters. The van der Waals surface area contributed by atoms with Gasteiger partial charge in [0.1, 0.15) is 0 Å². The monoisotopic (exact) mass is 362 g/mol. The minimum atomic E-state index is 0. The summed E-state index contributed by atoms with van der Waals surface area (Å²) >= 11 is 0. The molecule has 0 spiro atoms. The van der Waals surface area contributed by atoms with Gasteiger partial charge in [0.15, 0.2) is 0 Å². The van der Waals surface area contributed by atoms with Crippen LogP contribution in [0.5, 0.6) is 0 Å². The second-order valence-corrected chi connectivity index (χ2v) is 1.98. The molecule has 1 N–H and O–H groups in total. The van der Waals surface area contributed by atoms with Gasteiger partial charge < -0.3 is 11.8 Å². The van der Waals surface area contributed by atoms with E-state index in [4.69, 9.17) is 4.84 Å². The van der Waals surface area contributed by atoms with Crippen LogP contribution in [0.15, 0.2) is 0 Å². The zero-order chi connectivity index (χ0) is 5.28. The van der Waals surface area contributed by atoms with E-state index in [-0.39, 0.29) is 0 Å². The Kier molecular flexibility index (Phi) is 1.98. The molecule has 1 aliphatic rings. The minimum absolute atomic E-state index is 0. The number of hydrogen-bond donors (Lipinski definition) is 1. The first-order chi connectivity index (χ1) is 3.29. The summed E-state index contributed by atoms with van der Waals surface area (Å²) in [4.78, 5) is 4.95. The molecule has 0 aromatic heterocycles. The fourth-order valence-electron chi connectivity index (χ4n) is 0.709. The largest absolute Gasteiger partial charge is 0.324 e. The maximum absolute atomic E-state index is 4.95. The Bertz CT molecular complexity index is 61.4. The molecule has 0 bridgehead atoms. The summed E-state index contributed by atoms with van der Waals surface area (Å²) in [5.41, 5.74) is 2.76. The Morgan fingerprint density at radius 1 is 1.75 bits per heavy atom. The summed E-state index contributed by atoms with van der Waals surface area (Å²) in [5.74, 6) is 0. The van der Waals surface area contributed by atoms with Gasteiger partial charge in [0.05, 0.1) is 6.10 Å². The Morgan fingerprint density at radius 2 is 2.38 bits per heavy atom. The minimum Gasteiger partial charge on any atom is -0.324 e. The first kappa shape index (κ1) is 6.92. The average molecular weight is 362 g/mol. The van der Waals surface area contributed by atoms with Gasteiger partial charge in [-0.2, -0.15) is 0 Å². The predicted molar refractivity (Wildman–Crippen MR) is 27.4 cm³/mol. The molecule has 1 rings (SSSR count). The normalized spacial score (nSPS) is 36.8. The molecule has 1 radical (unpaired) electrons. The van der Waals surface area contributed by atoms with Crippen LogP contribution < -0.4 is 5.48 Å². The van der Waals surface area contributed by atoms with Crippen LogP contribution in [0.25, 0.3) is 0 Å². The van der Waals surface area contributed by atoms with Crippen molar-refractivity contribution in [2.75, 3.05) is 0 Å². The molecule has 2 nitrogen and oxygen atoms in total. The Balaban J connectivity index is 0.000000490. The van der Waals surface area contributed by atoms with E-state index in [9.17, 15) is 0 Å². The van der Waals surface area contributed by atoms with Crippen LogP contribution in [0.3, 0.4) is 0 Å². The summed E-state index contributed by atoms with van der Waals surface area (Å²) in [6.45, 7) is 5.78. The first-order valence-electron chi connectivity index (χ1n) is 2.53. The predicted octanol–water partition coefficient (Wildman–Crippen LogP) is 0.502. The summed E-state index contributed by atoms with van der Waals surface area (Å²) < 4.78 is 0. The summed E-state index contributed by atoms with van der Waals surface area (Å²) in [7, 11) is 0. The van der Waals surface area contributed by atoms with E-state index in [2.05, 4.69) is 12.4 Å². The molecule has 1 fully saturated rings. The van der Waals surface area contributed by atoms with Crippen molar-refractivity contribution < 1.29 is 4.84 Å². The second kappa shape index (κ2) is 2.28. The quantitative estimate of drug-likeness (QED) is 0.634. The van der Waals surface area contributed by atoms with Crippen LogP contribution in [0.1, 0.15) is 13.3 Å². The van der Waals surface area contributed by atoms with Crippen LogP contribution in [0.2, 0.25) is 0 Å². The second-order valence-electron chi connectivity index (χ2n) is 1.98. The smallest absolute Gasteiger partial charge is 0.0751 e. The van der Waals surface area contributed by atoms with Gasteiger partial charge in [-0.15, -0.1) is 0 Å². The van der Waals surface area contributed by atoms with Gasteiger partial charge in [-0.3, -0.25) is 0 Å². The van der Waals surface area contributed by atoms with Gasteiger partial charge in [-0.05, 0) is 13.3 Å². The Labute approximate surface area is 43.8 Å². The van der Waals surface area contributed by atoms with E-state index in [0.717, 1.165) is 6.42 Å². The third-order valence-electron chi connectivity index (χ3n) is 1.05. The molecule has 8 heavy (non-hydrogen) atoms. The fourth-order valence-corrected chi connectivity index (χ4v) is 0.709. The molecular weight excluding hydrogens is 352 g/mol. The Morgan fingerprint density at radius 3 is 2.50 bits per heavy atom. The Hall–Kier alpha value is -1.08. The molecule has 1 saturated heterocycles. The van der Waals surface area contributed by atoms with Crippen molar-refractivity contribution in [3.05, 3.63) is 6.92 Å². The molecule has 0 aromatic carbocycles. The molecule has 1 aliphatic heterocycles. The number of hydroxylamine groups is 1. The van der Waals surface area contributed by atoms with Crippen molar-refractivity contribution in [3.8, 4) is 0 Å². The summed E-state index contributed by atoms with van der Waals surface area (Å²) in [6.07, 6.45) is 1.38. The van der Waals surface area contributed by atoms with Crippen LogP contribution in [-0.4, -0.2) is 12.1 Å². The zero-order valence-corrected chi connectivity index (χ0v) is 6.89. The maximum Gasteiger partial charge on any atom is 0.0751 e. The summed E-state index contributed by atoms with van der Waals surface area (Å²) in [6, 6.07) is 0.301. The van der Waals surface area contributed by atoms with Gasteiger partial charge >= 0.3 is 0 Å². The van der Waals surface area contributed by atoms with E-state index in [1.807, 2.05) is 6.92 Å². The zero-order valence-electron chi connectivity index (χ0n) is 4.74. The van der Waals surface area contributed by atoms with E-state index >= 15 is 0 Å². The van der Waals surface area contributed by atoms with Crippen LogP contribution in [0.4, 0.5) is 0 Å². The molecule has 0 aromatic rings. The third kappa shape index (κ3) is 1.21. The van der Waals surface area contributed by atoms with Gasteiger partial charge in [0, 0.05) is 0 Å². The molecule has 3 heteroatoms. The van der Waals surface area contributed by atoms with E-state index in [1.54, 1.807) is 0 Å². The topological polar surface area (TPSA) is 21.3 Å². The van der Waals surface area contributed by atoms with E-state index in [1.165, 1.54) is 0 Å². The molecule has 57 valence electrons. The molecule has 0 amide bonds. The van der Waals surface area contributed by atoms with Gasteiger partial charge in [0.2, 0.25) is 0 Å². The molecule has 0 saturated carbocycles. The van der Waals surface area contributed by atoms with Gasteiger partial charge in [-0.25, -0.2) is 5.48 Å². The van der Waals surface area contributed by atoms with E-state index < -0.39 is 0 Å². The van der Waals surface area contributed by atoms with Crippen LogP contribution >= 0.6 is 0 Å².